The van der Waals surface area contributed by atoms with Crippen molar-refractivity contribution >= 4 is 0 Å². The third-order valence-corrected chi connectivity index (χ3v) is 3.30. The Labute approximate surface area is 112 Å². The number of hydrogen-bond donors (Lipinski definition) is 1. The molecule has 18 heavy (non-hydrogen) atoms. The highest BCUT2D eigenvalue weighted by molar-refractivity contribution is 5.37. The Kier molecular flexibility index (Phi) is 6.81. The van der Waals surface area contributed by atoms with Gasteiger partial charge in [-0.1, -0.05) is 44.4 Å². The minimum Gasteiger partial charge on any atom is -0.496 e. The van der Waals surface area contributed by atoms with E-state index in [2.05, 4.69) is 44.3 Å². The molecule has 0 aromatic heterocycles. The van der Waals surface area contributed by atoms with Gasteiger partial charge in [-0.3, -0.25) is 0 Å². The molecule has 1 aromatic carbocycles. The van der Waals surface area contributed by atoms with Gasteiger partial charge in [0, 0.05) is 6.04 Å². The van der Waals surface area contributed by atoms with Crippen LogP contribution in [-0.2, 0) is 6.42 Å². The van der Waals surface area contributed by atoms with Crippen molar-refractivity contribution in [2.75, 3.05) is 13.7 Å². The second-order valence-electron chi connectivity index (χ2n) is 4.92. The van der Waals surface area contributed by atoms with Gasteiger partial charge in [0.15, 0.2) is 0 Å². The zero-order chi connectivity index (χ0) is 13.4. The van der Waals surface area contributed by atoms with Crippen LogP contribution in [0.15, 0.2) is 18.2 Å². The Morgan fingerprint density at radius 3 is 2.67 bits per heavy atom. The molecule has 1 rings (SSSR count). The van der Waals surface area contributed by atoms with Crippen molar-refractivity contribution < 1.29 is 4.74 Å². The first-order valence-electron chi connectivity index (χ1n) is 7.08. The highest BCUT2D eigenvalue weighted by atomic mass is 16.5. The van der Waals surface area contributed by atoms with Gasteiger partial charge in [-0.15, -0.1) is 0 Å². The molecular weight excluding hydrogens is 222 g/mol. The fourth-order valence-electron chi connectivity index (χ4n) is 2.35. The maximum absolute atomic E-state index is 5.46. The summed E-state index contributed by atoms with van der Waals surface area (Å²) in [5.41, 5.74) is 2.62. The molecule has 0 aliphatic heterocycles. The number of aryl methyl sites for hydroxylation is 1. The summed E-state index contributed by atoms with van der Waals surface area (Å²) in [5, 5.41) is 3.58. The molecule has 2 nitrogen and oxygen atoms in total. The molecule has 0 spiro atoms. The van der Waals surface area contributed by atoms with Crippen LogP contribution in [0.2, 0.25) is 0 Å². The SMILES string of the molecule is CCCCC(Cc1cc(C)ccc1OC)NCC. The van der Waals surface area contributed by atoms with Crippen LogP contribution < -0.4 is 10.1 Å². The Morgan fingerprint density at radius 1 is 1.28 bits per heavy atom. The number of unbranched alkanes of at least 4 members (excludes halogenated alkanes) is 1. The Balaban J connectivity index is 2.74. The topological polar surface area (TPSA) is 21.3 Å². The Morgan fingerprint density at radius 2 is 2.06 bits per heavy atom. The fraction of sp³-hybridized carbons (Fsp3) is 0.625. The molecule has 0 aliphatic carbocycles. The van der Waals surface area contributed by atoms with Crippen molar-refractivity contribution in [3.05, 3.63) is 29.3 Å². The average Bonchev–Trinajstić information content (AvgIpc) is 2.36. The third kappa shape index (κ3) is 4.69. The second-order valence-corrected chi connectivity index (χ2v) is 4.92. The zero-order valence-electron chi connectivity index (χ0n) is 12.3. The minimum absolute atomic E-state index is 0.561. The van der Waals surface area contributed by atoms with Crippen molar-refractivity contribution in [2.24, 2.45) is 0 Å². The van der Waals surface area contributed by atoms with Gasteiger partial charge >= 0.3 is 0 Å². The number of hydrogen-bond acceptors (Lipinski definition) is 2. The van der Waals surface area contributed by atoms with E-state index in [1.54, 1.807) is 7.11 Å². The predicted octanol–water partition coefficient (Wildman–Crippen LogP) is 3.71. The van der Waals surface area contributed by atoms with Crippen LogP contribution >= 0.6 is 0 Å². The van der Waals surface area contributed by atoms with Crippen molar-refractivity contribution in [1.29, 1.82) is 0 Å². The van der Waals surface area contributed by atoms with Crippen LogP contribution in [0, 0.1) is 6.92 Å². The largest absolute Gasteiger partial charge is 0.496 e. The van der Waals surface area contributed by atoms with Crippen LogP contribution in [0.3, 0.4) is 0 Å². The van der Waals surface area contributed by atoms with Gasteiger partial charge in [0.1, 0.15) is 5.75 Å². The molecule has 0 aliphatic rings. The monoisotopic (exact) mass is 249 g/mol. The average molecular weight is 249 g/mol. The molecular formula is C16H27NO. The molecule has 0 radical (unpaired) electrons. The molecule has 0 bridgehead atoms. The lowest BCUT2D eigenvalue weighted by atomic mass is 9.99. The summed E-state index contributed by atoms with van der Waals surface area (Å²) in [6, 6.07) is 6.99. The van der Waals surface area contributed by atoms with E-state index in [0.717, 1.165) is 18.7 Å². The lowest BCUT2D eigenvalue weighted by Crippen LogP contribution is -2.31. The normalized spacial score (nSPS) is 12.4. The predicted molar refractivity (Wildman–Crippen MR) is 78.4 cm³/mol. The number of likely N-dealkylation sites (N-methyl/N-ethyl adjacent to an activating group) is 1. The van der Waals surface area contributed by atoms with E-state index in [9.17, 15) is 0 Å². The fourth-order valence-corrected chi connectivity index (χ4v) is 2.35. The molecule has 0 heterocycles. The van der Waals surface area contributed by atoms with Crippen molar-refractivity contribution in [1.82, 2.24) is 5.32 Å². The number of benzene rings is 1. The van der Waals surface area contributed by atoms with E-state index >= 15 is 0 Å². The number of nitrogens with one attached hydrogen (secondary N) is 1. The first-order valence-corrected chi connectivity index (χ1v) is 7.08. The standard InChI is InChI=1S/C16H27NO/c1-5-7-8-15(17-6-2)12-14-11-13(3)9-10-16(14)18-4/h9-11,15,17H,5-8,12H2,1-4H3. The molecule has 0 saturated carbocycles. The first kappa shape index (κ1) is 15.0. The maximum atomic E-state index is 5.46. The van der Waals surface area contributed by atoms with Crippen LogP contribution in [-0.4, -0.2) is 19.7 Å². The molecule has 0 saturated heterocycles. The first-order chi connectivity index (χ1) is 8.71. The summed E-state index contributed by atoms with van der Waals surface area (Å²) in [6.07, 6.45) is 4.83. The highest BCUT2D eigenvalue weighted by Gasteiger charge is 2.11. The molecule has 1 N–H and O–H groups in total. The number of rotatable bonds is 8. The summed E-state index contributed by atoms with van der Waals surface area (Å²) in [6.45, 7) is 7.59. The molecule has 102 valence electrons. The van der Waals surface area contributed by atoms with Crippen LogP contribution in [0.1, 0.15) is 44.2 Å². The second kappa shape index (κ2) is 8.15. The van der Waals surface area contributed by atoms with Crippen LogP contribution in [0.5, 0.6) is 5.75 Å². The molecule has 0 amide bonds. The van der Waals surface area contributed by atoms with Gasteiger partial charge in [0.05, 0.1) is 7.11 Å². The van der Waals surface area contributed by atoms with E-state index in [1.807, 2.05) is 0 Å². The van der Waals surface area contributed by atoms with Gasteiger partial charge in [-0.2, -0.15) is 0 Å². The third-order valence-electron chi connectivity index (χ3n) is 3.30. The van der Waals surface area contributed by atoms with E-state index in [1.165, 1.54) is 30.4 Å². The van der Waals surface area contributed by atoms with E-state index in [4.69, 9.17) is 4.74 Å². The lowest BCUT2D eigenvalue weighted by Gasteiger charge is -2.19. The van der Waals surface area contributed by atoms with Crippen molar-refractivity contribution in [2.45, 2.75) is 52.5 Å². The van der Waals surface area contributed by atoms with E-state index < -0.39 is 0 Å². The number of methoxy groups -OCH3 is 1. The van der Waals surface area contributed by atoms with Crippen LogP contribution in [0.25, 0.3) is 0 Å². The minimum atomic E-state index is 0.561. The maximum Gasteiger partial charge on any atom is 0.122 e. The number of ether oxygens (including phenoxy) is 1. The molecule has 2 heteroatoms. The Bertz CT molecular complexity index is 349. The zero-order valence-corrected chi connectivity index (χ0v) is 12.3. The Hall–Kier alpha value is -1.02. The highest BCUT2D eigenvalue weighted by Crippen LogP contribution is 2.22. The van der Waals surface area contributed by atoms with E-state index in [-0.39, 0.29) is 0 Å². The molecule has 1 unspecified atom stereocenters. The van der Waals surface area contributed by atoms with Gasteiger partial charge < -0.3 is 10.1 Å². The summed E-state index contributed by atoms with van der Waals surface area (Å²) in [5.74, 6) is 1.01. The molecule has 1 atom stereocenters. The molecule has 1 aromatic rings. The summed E-state index contributed by atoms with van der Waals surface area (Å²) in [7, 11) is 1.75. The summed E-state index contributed by atoms with van der Waals surface area (Å²) >= 11 is 0. The van der Waals surface area contributed by atoms with Gasteiger partial charge in [-0.05, 0) is 37.9 Å². The van der Waals surface area contributed by atoms with Crippen molar-refractivity contribution in [3.8, 4) is 5.75 Å². The van der Waals surface area contributed by atoms with Crippen molar-refractivity contribution in [3.63, 3.8) is 0 Å². The van der Waals surface area contributed by atoms with Crippen LogP contribution in [0.4, 0.5) is 0 Å². The quantitative estimate of drug-likeness (QED) is 0.758. The van der Waals surface area contributed by atoms with E-state index in [0.29, 0.717) is 6.04 Å². The summed E-state index contributed by atoms with van der Waals surface area (Å²) in [4.78, 5) is 0. The van der Waals surface area contributed by atoms with Gasteiger partial charge in [0.2, 0.25) is 0 Å². The molecule has 0 fully saturated rings. The summed E-state index contributed by atoms with van der Waals surface area (Å²) < 4.78 is 5.46. The van der Waals surface area contributed by atoms with Gasteiger partial charge in [0.25, 0.3) is 0 Å². The lowest BCUT2D eigenvalue weighted by molar-refractivity contribution is 0.401. The van der Waals surface area contributed by atoms with Gasteiger partial charge in [-0.25, -0.2) is 0 Å². The smallest absolute Gasteiger partial charge is 0.122 e.